The van der Waals surface area contributed by atoms with Crippen LogP contribution in [0.2, 0.25) is 0 Å². The zero-order chi connectivity index (χ0) is 15.4. The summed E-state index contributed by atoms with van der Waals surface area (Å²) in [5.41, 5.74) is 1.23. The summed E-state index contributed by atoms with van der Waals surface area (Å²) in [6.45, 7) is 6.61. The lowest BCUT2D eigenvalue weighted by Gasteiger charge is -2.16. The molecule has 21 heavy (non-hydrogen) atoms. The Labute approximate surface area is 127 Å². The molecule has 1 N–H and O–H groups in total. The minimum atomic E-state index is 0.555. The first kappa shape index (κ1) is 16.0. The van der Waals surface area contributed by atoms with E-state index in [0.717, 1.165) is 18.8 Å². The molecule has 1 aliphatic carbocycles. The van der Waals surface area contributed by atoms with Crippen LogP contribution in [0, 0.1) is 11.8 Å². The zero-order valence-electron chi connectivity index (χ0n) is 13.7. The Bertz CT molecular complexity index is 473. The molecule has 0 bridgehead atoms. The van der Waals surface area contributed by atoms with E-state index in [1.807, 2.05) is 6.07 Å². The molecule has 4 nitrogen and oxygen atoms in total. The fourth-order valence-electron chi connectivity index (χ4n) is 2.83. The van der Waals surface area contributed by atoms with Crippen molar-refractivity contribution in [2.75, 3.05) is 34.4 Å². The van der Waals surface area contributed by atoms with Crippen molar-refractivity contribution in [2.24, 2.45) is 11.8 Å². The Morgan fingerprint density at radius 1 is 1.10 bits per heavy atom. The van der Waals surface area contributed by atoms with Crippen molar-refractivity contribution < 1.29 is 14.2 Å². The molecule has 0 saturated heterocycles. The van der Waals surface area contributed by atoms with Gasteiger partial charge in [0.15, 0.2) is 11.5 Å². The minimum Gasteiger partial charge on any atom is -0.493 e. The van der Waals surface area contributed by atoms with Gasteiger partial charge in [-0.05, 0) is 43.3 Å². The van der Waals surface area contributed by atoms with Gasteiger partial charge in [-0.1, -0.05) is 19.9 Å². The normalized spacial score (nSPS) is 20.5. The van der Waals surface area contributed by atoms with Gasteiger partial charge < -0.3 is 19.5 Å². The fourth-order valence-corrected chi connectivity index (χ4v) is 2.83. The Morgan fingerprint density at radius 3 is 2.38 bits per heavy atom. The van der Waals surface area contributed by atoms with Crippen LogP contribution in [0.25, 0.3) is 0 Å². The standard InChI is InChI=1S/C17H27NO3/c1-11(2)9-18-10-12-8-14(12)13-6-7-15(19-3)17(21-5)16(13)20-4/h6-7,11-12,14,18H,8-10H2,1-5H3. The largest absolute Gasteiger partial charge is 0.493 e. The van der Waals surface area contributed by atoms with E-state index < -0.39 is 0 Å². The average molecular weight is 293 g/mol. The van der Waals surface area contributed by atoms with Gasteiger partial charge in [-0.25, -0.2) is 0 Å². The number of benzene rings is 1. The van der Waals surface area contributed by atoms with Crippen molar-refractivity contribution in [2.45, 2.75) is 26.2 Å². The second-order valence-electron chi connectivity index (χ2n) is 6.08. The van der Waals surface area contributed by atoms with Crippen molar-refractivity contribution >= 4 is 0 Å². The summed E-state index contributed by atoms with van der Waals surface area (Å²) in [6, 6.07) is 4.07. The maximum atomic E-state index is 5.58. The lowest BCUT2D eigenvalue weighted by molar-refractivity contribution is 0.322. The Kier molecular flexibility index (Phi) is 5.34. The van der Waals surface area contributed by atoms with Gasteiger partial charge in [-0.3, -0.25) is 0 Å². The van der Waals surface area contributed by atoms with E-state index in [1.165, 1.54) is 12.0 Å². The molecule has 1 aromatic rings. The molecule has 1 saturated carbocycles. The first-order chi connectivity index (χ1) is 10.1. The summed E-state index contributed by atoms with van der Waals surface area (Å²) in [5.74, 6) is 4.16. The van der Waals surface area contributed by atoms with Crippen molar-refractivity contribution in [3.63, 3.8) is 0 Å². The zero-order valence-corrected chi connectivity index (χ0v) is 13.7. The first-order valence-corrected chi connectivity index (χ1v) is 7.61. The predicted molar refractivity (Wildman–Crippen MR) is 84.7 cm³/mol. The second-order valence-corrected chi connectivity index (χ2v) is 6.08. The molecule has 1 aliphatic rings. The van der Waals surface area contributed by atoms with Crippen LogP contribution in [0.15, 0.2) is 12.1 Å². The molecule has 0 heterocycles. The molecule has 118 valence electrons. The number of methoxy groups -OCH3 is 3. The van der Waals surface area contributed by atoms with E-state index in [2.05, 4.69) is 25.2 Å². The van der Waals surface area contributed by atoms with Crippen LogP contribution in [0.3, 0.4) is 0 Å². The number of hydrogen-bond acceptors (Lipinski definition) is 4. The summed E-state index contributed by atoms with van der Waals surface area (Å²) in [7, 11) is 4.99. The van der Waals surface area contributed by atoms with Crippen molar-refractivity contribution in [1.82, 2.24) is 5.32 Å². The second kappa shape index (κ2) is 7.03. The maximum absolute atomic E-state index is 5.58. The highest BCUT2D eigenvalue weighted by Gasteiger charge is 2.40. The van der Waals surface area contributed by atoms with Crippen LogP contribution in [-0.4, -0.2) is 34.4 Å². The van der Waals surface area contributed by atoms with Gasteiger partial charge in [0.2, 0.25) is 5.75 Å². The van der Waals surface area contributed by atoms with Gasteiger partial charge in [0, 0.05) is 5.56 Å². The molecular weight excluding hydrogens is 266 g/mol. The molecule has 0 aromatic heterocycles. The summed E-state index contributed by atoms with van der Waals surface area (Å²) in [4.78, 5) is 0. The first-order valence-electron chi connectivity index (χ1n) is 7.61. The summed E-state index contributed by atoms with van der Waals surface area (Å²) in [6.07, 6.45) is 1.21. The van der Waals surface area contributed by atoms with Gasteiger partial charge >= 0.3 is 0 Å². The predicted octanol–water partition coefficient (Wildman–Crippen LogP) is 3.06. The van der Waals surface area contributed by atoms with Crippen LogP contribution in [0.5, 0.6) is 17.2 Å². The van der Waals surface area contributed by atoms with E-state index in [-0.39, 0.29) is 0 Å². The number of rotatable bonds is 8. The summed E-state index contributed by atoms with van der Waals surface area (Å²) < 4.78 is 16.4. The van der Waals surface area contributed by atoms with E-state index in [4.69, 9.17) is 14.2 Å². The lowest BCUT2D eigenvalue weighted by Crippen LogP contribution is -2.22. The SMILES string of the molecule is COc1ccc(C2CC2CNCC(C)C)c(OC)c1OC. The van der Waals surface area contributed by atoms with Crippen molar-refractivity contribution in [3.05, 3.63) is 17.7 Å². The average Bonchev–Trinajstić information content (AvgIpc) is 3.24. The Morgan fingerprint density at radius 2 is 1.81 bits per heavy atom. The quantitative estimate of drug-likeness (QED) is 0.799. The molecule has 0 spiro atoms. The minimum absolute atomic E-state index is 0.555. The van der Waals surface area contributed by atoms with E-state index >= 15 is 0 Å². The van der Waals surface area contributed by atoms with Crippen molar-refractivity contribution in [3.8, 4) is 17.2 Å². The molecule has 1 fully saturated rings. The number of hydrogen-bond donors (Lipinski definition) is 1. The Hall–Kier alpha value is -1.42. The van der Waals surface area contributed by atoms with E-state index in [0.29, 0.717) is 29.3 Å². The van der Waals surface area contributed by atoms with Crippen LogP contribution < -0.4 is 19.5 Å². The van der Waals surface area contributed by atoms with E-state index in [9.17, 15) is 0 Å². The molecular formula is C17H27NO3. The molecule has 0 amide bonds. The number of nitrogens with one attached hydrogen (secondary N) is 1. The molecule has 4 heteroatoms. The highest BCUT2D eigenvalue weighted by atomic mass is 16.5. The molecule has 2 rings (SSSR count). The topological polar surface area (TPSA) is 39.7 Å². The fraction of sp³-hybridized carbons (Fsp3) is 0.647. The highest BCUT2D eigenvalue weighted by Crippen LogP contribution is 2.53. The van der Waals surface area contributed by atoms with Crippen LogP contribution in [0.4, 0.5) is 0 Å². The third-order valence-electron chi connectivity index (χ3n) is 4.02. The lowest BCUT2D eigenvalue weighted by atomic mass is 10.1. The third kappa shape index (κ3) is 3.62. The van der Waals surface area contributed by atoms with Gasteiger partial charge in [-0.2, -0.15) is 0 Å². The van der Waals surface area contributed by atoms with Crippen molar-refractivity contribution in [1.29, 1.82) is 0 Å². The molecule has 2 atom stereocenters. The van der Waals surface area contributed by atoms with Crippen LogP contribution in [-0.2, 0) is 0 Å². The maximum Gasteiger partial charge on any atom is 0.203 e. The molecule has 0 radical (unpaired) electrons. The van der Waals surface area contributed by atoms with Gasteiger partial charge in [0.05, 0.1) is 21.3 Å². The van der Waals surface area contributed by atoms with Gasteiger partial charge in [-0.15, -0.1) is 0 Å². The van der Waals surface area contributed by atoms with Gasteiger partial charge in [0.1, 0.15) is 0 Å². The summed E-state index contributed by atoms with van der Waals surface area (Å²) >= 11 is 0. The highest BCUT2D eigenvalue weighted by molar-refractivity contribution is 5.57. The van der Waals surface area contributed by atoms with Gasteiger partial charge in [0.25, 0.3) is 0 Å². The van der Waals surface area contributed by atoms with Crippen LogP contribution >= 0.6 is 0 Å². The smallest absolute Gasteiger partial charge is 0.203 e. The van der Waals surface area contributed by atoms with Crippen LogP contribution in [0.1, 0.15) is 31.7 Å². The van der Waals surface area contributed by atoms with E-state index in [1.54, 1.807) is 21.3 Å². The third-order valence-corrected chi connectivity index (χ3v) is 4.02. The number of ether oxygens (including phenoxy) is 3. The molecule has 2 unspecified atom stereocenters. The Balaban J connectivity index is 2.08. The molecule has 1 aromatic carbocycles. The molecule has 0 aliphatic heterocycles. The summed E-state index contributed by atoms with van der Waals surface area (Å²) in [5, 5.41) is 3.54. The monoisotopic (exact) mass is 293 g/mol.